The summed E-state index contributed by atoms with van der Waals surface area (Å²) < 4.78 is 45.6. The Balaban J connectivity index is 1.71. The van der Waals surface area contributed by atoms with Crippen molar-refractivity contribution < 1.29 is 17.5 Å². The van der Waals surface area contributed by atoms with Gasteiger partial charge in [-0.15, -0.1) is 0 Å². The number of hydrogen-bond donors (Lipinski definition) is 0. The van der Waals surface area contributed by atoms with Crippen LogP contribution in [0.25, 0.3) is 0 Å². The smallest absolute Gasteiger partial charge is 0.218 e. The third-order valence-corrected chi connectivity index (χ3v) is 6.26. The summed E-state index contributed by atoms with van der Waals surface area (Å²) in [5.41, 5.74) is 2.80. The van der Waals surface area contributed by atoms with Gasteiger partial charge in [-0.1, -0.05) is 43.3 Å². The largest absolute Gasteiger partial charge is 0.371 e. The second-order valence-corrected chi connectivity index (χ2v) is 8.16. The number of morpholine rings is 1. The normalized spacial score (nSPS) is 19.0. The van der Waals surface area contributed by atoms with E-state index in [2.05, 4.69) is 6.92 Å². The van der Waals surface area contributed by atoms with E-state index >= 15 is 0 Å². The summed E-state index contributed by atoms with van der Waals surface area (Å²) in [6.45, 7) is 3.10. The lowest BCUT2D eigenvalue weighted by Crippen LogP contribution is -2.42. The van der Waals surface area contributed by atoms with E-state index in [1.807, 2.05) is 24.3 Å². The fraction of sp³-hybridized carbons (Fsp3) is 0.368. The number of halogens is 1. The Kier molecular flexibility index (Phi) is 5.51. The van der Waals surface area contributed by atoms with Crippen LogP contribution in [-0.4, -0.2) is 32.4 Å². The molecule has 25 heavy (non-hydrogen) atoms. The van der Waals surface area contributed by atoms with E-state index in [1.165, 1.54) is 34.1 Å². The molecular formula is C19H22FNO3S. The maximum Gasteiger partial charge on any atom is 0.218 e. The van der Waals surface area contributed by atoms with Gasteiger partial charge in [-0.3, -0.25) is 0 Å². The average Bonchev–Trinajstić information content (AvgIpc) is 2.64. The van der Waals surface area contributed by atoms with Crippen molar-refractivity contribution in [2.75, 3.05) is 19.7 Å². The Morgan fingerprint density at radius 1 is 1.08 bits per heavy atom. The van der Waals surface area contributed by atoms with Gasteiger partial charge in [0, 0.05) is 13.1 Å². The van der Waals surface area contributed by atoms with Gasteiger partial charge in [0.05, 0.1) is 18.5 Å². The molecule has 0 bridgehead atoms. The Hall–Kier alpha value is -1.76. The van der Waals surface area contributed by atoms with E-state index in [4.69, 9.17) is 4.74 Å². The first kappa shape index (κ1) is 18.0. The van der Waals surface area contributed by atoms with E-state index < -0.39 is 10.0 Å². The Morgan fingerprint density at radius 3 is 2.36 bits per heavy atom. The molecule has 0 spiro atoms. The van der Waals surface area contributed by atoms with E-state index in [-0.39, 0.29) is 17.7 Å². The lowest BCUT2D eigenvalue weighted by Gasteiger charge is -2.32. The quantitative estimate of drug-likeness (QED) is 0.819. The molecule has 134 valence electrons. The molecule has 2 aromatic rings. The lowest BCUT2D eigenvalue weighted by molar-refractivity contribution is -0.00260. The van der Waals surface area contributed by atoms with Crippen molar-refractivity contribution in [3.63, 3.8) is 0 Å². The fourth-order valence-corrected chi connectivity index (χ4v) is 4.44. The zero-order chi connectivity index (χ0) is 17.9. The molecule has 1 aliphatic rings. The standard InChI is InChI=1S/C19H22FNO3S/c1-2-15-3-7-17(8-4-15)19-13-21(11-12-24-19)25(22,23)14-16-5-9-18(20)10-6-16/h3-10,19H,2,11-14H2,1H3. The summed E-state index contributed by atoms with van der Waals surface area (Å²) in [6, 6.07) is 13.7. The molecule has 4 nitrogen and oxygen atoms in total. The Labute approximate surface area is 148 Å². The van der Waals surface area contributed by atoms with E-state index in [1.54, 1.807) is 0 Å². The zero-order valence-electron chi connectivity index (χ0n) is 14.2. The van der Waals surface area contributed by atoms with Crippen molar-refractivity contribution in [2.45, 2.75) is 25.2 Å². The fourth-order valence-electron chi connectivity index (χ4n) is 2.93. The molecule has 0 saturated carbocycles. The van der Waals surface area contributed by atoms with Crippen molar-refractivity contribution in [1.82, 2.24) is 4.31 Å². The van der Waals surface area contributed by atoms with Crippen LogP contribution in [-0.2, 0) is 26.9 Å². The van der Waals surface area contributed by atoms with Gasteiger partial charge in [-0.25, -0.2) is 12.8 Å². The molecule has 3 rings (SSSR count). The van der Waals surface area contributed by atoms with E-state index in [9.17, 15) is 12.8 Å². The van der Waals surface area contributed by atoms with Crippen molar-refractivity contribution in [3.8, 4) is 0 Å². The first-order valence-corrected chi connectivity index (χ1v) is 10.0. The van der Waals surface area contributed by atoms with Crippen molar-refractivity contribution in [2.24, 2.45) is 0 Å². The highest BCUT2D eigenvalue weighted by atomic mass is 32.2. The minimum atomic E-state index is -3.47. The van der Waals surface area contributed by atoms with Crippen LogP contribution in [0.1, 0.15) is 29.7 Å². The molecule has 0 radical (unpaired) electrons. The molecule has 6 heteroatoms. The highest BCUT2D eigenvalue weighted by Gasteiger charge is 2.30. The van der Waals surface area contributed by atoms with Crippen LogP contribution in [0.2, 0.25) is 0 Å². The maximum absolute atomic E-state index is 13.0. The summed E-state index contributed by atoms with van der Waals surface area (Å²) in [5.74, 6) is -0.502. The van der Waals surface area contributed by atoms with Gasteiger partial charge in [0.15, 0.2) is 0 Å². The highest BCUT2D eigenvalue weighted by molar-refractivity contribution is 7.88. The van der Waals surface area contributed by atoms with Gasteiger partial charge in [0.1, 0.15) is 5.82 Å². The zero-order valence-corrected chi connectivity index (χ0v) is 15.0. The van der Waals surface area contributed by atoms with Crippen LogP contribution in [0, 0.1) is 5.82 Å². The van der Waals surface area contributed by atoms with Crippen molar-refractivity contribution in [1.29, 1.82) is 0 Å². The summed E-state index contributed by atoms with van der Waals surface area (Å²) in [7, 11) is -3.47. The summed E-state index contributed by atoms with van der Waals surface area (Å²) in [6.07, 6.45) is 0.701. The summed E-state index contributed by atoms with van der Waals surface area (Å²) in [5, 5.41) is 0. The van der Waals surface area contributed by atoms with Gasteiger partial charge in [0.2, 0.25) is 10.0 Å². The molecule has 0 N–H and O–H groups in total. The maximum atomic E-state index is 13.0. The molecule has 0 aliphatic carbocycles. The molecule has 2 aromatic carbocycles. The third-order valence-electron chi connectivity index (χ3n) is 4.44. The molecule has 1 aliphatic heterocycles. The molecular weight excluding hydrogens is 341 g/mol. The Morgan fingerprint density at radius 2 is 1.72 bits per heavy atom. The van der Waals surface area contributed by atoms with Crippen molar-refractivity contribution in [3.05, 3.63) is 71.0 Å². The molecule has 0 aromatic heterocycles. The van der Waals surface area contributed by atoms with Gasteiger partial charge >= 0.3 is 0 Å². The monoisotopic (exact) mass is 363 g/mol. The molecule has 1 saturated heterocycles. The van der Waals surface area contributed by atoms with E-state index in [0.29, 0.717) is 25.3 Å². The SMILES string of the molecule is CCc1ccc(C2CN(S(=O)(=O)Cc3ccc(F)cc3)CCO2)cc1. The van der Waals surface area contributed by atoms with Crippen LogP contribution in [0.4, 0.5) is 4.39 Å². The average molecular weight is 363 g/mol. The molecule has 1 unspecified atom stereocenters. The molecule has 0 amide bonds. The number of benzene rings is 2. The van der Waals surface area contributed by atoms with Crippen LogP contribution in [0.5, 0.6) is 0 Å². The van der Waals surface area contributed by atoms with Crippen LogP contribution in [0.3, 0.4) is 0 Å². The third kappa shape index (κ3) is 4.45. The summed E-state index contributed by atoms with van der Waals surface area (Å²) >= 11 is 0. The number of nitrogens with zero attached hydrogens (tertiary/aromatic N) is 1. The topological polar surface area (TPSA) is 46.6 Å². The van der Waals surface area contributed by atoms with E-state index in [0.717, 1.165) is 12.0 Å². The number of hydrogen-bond acceptors (Lipinski definition) is 3. The molecule has 1 heterocycles. The van der Waals surface area contributed by atoms with Crippen LogP contribution < -0.4 is 0 Å². The Bertz CT molecular complexity index is 804. The first-order valence-electron chi connectivity index (χ1n) is 8.40. The van der Waals surface area contributed by atoms with Crippen molar-refractivity contribution >= 4 is 10.0 Å². The minimum Gasteiger partial charge on any atom is -0.371 e. The van der Waals surface area contributed by atoms with Gasteiger partial charge in [-0.05, 0) is 35.2 Å². The number of ether oxygens (including phenoxy) is 1. The minimum absolute atomic E-state index is 0.130. The van der Waals surface area contributed by atoms with Crippen LogP contribution in [0.15, 0.2) is 48.5 Å². The molecule has 1 atom stereocenters. The van der Waals surface area contributed by atoms with Gasteiger partial charge in [0.25, 0.3) is 0 Å². The number of sulfonamides is 1. The molecule has 1 fully saturated rings. The number of aryl methyl sites for hydroxylation is 1. The predicted octanol–water partition coefficient (Wildman–Crippen LogP) is 3.29. The summed E-state index contributed by atoms with van der Waals surface area (Å²) in [4.78, 5) is 0. The van der Waals surface area contributed by atoms with Gasteiger partial charge in [-0.2, -0.15) is 4.31 Å². The second kappa shape index (κ2) is 7.64. The first-order chi connectivity index (χ1) is 12.0. The highest BCUT2D eigenvalue weighted by Crippen LogP contribution is 2.25. The second-order valence-electron chi connectivity index (χ2n) is 6.20. The predicted molar refractivity (Wildman–Crippen MR) is 95.1 cm³/mol. The van der Waals surface area contributed by atoms with Crippen LogP contribution >= 0.6 is 0 Å². The van der Waals surface area contributed by atoms with Gasteiger partial charge < -0.3 is 4.74 Å². The lowest BCUT2D eigenvalue weighted by atomic mass is 10.1. The number of rotatable bonds is 5.